The average molecular weight is 495 g/mol. The largest absolute Gasteiger partial charge is 0.743 e. The van der Waals surface area contributed by atoms with Crippen LogP contribution in [0, 0.1) is 0 Å². The molecule has 0 fully saturated rings. The normalized spacial score (nSPS) is 15.0. The lowest BCUT2D eigenvalue weighted by Gasteiger charge is -2.30. The molecule has 2 unspecified atom stereocenters. The van der Waals surface area contributed by atoms with Gasteiger partial charge in [-0.2, -0.15) is 22.0 Å². The van der Waals surface area contributed by atoms with E-state index in [-0.39, 0.29) is 0 Å². The average Bonchev–Trinajstić information content (AvgIpc) is 3.02. The molecule has 1 aromatic heterocycles. The first-order valence-electron chi connectivity index (χ1n) is 9.19. The van der Waals surface area contributed by atoms with Gasteiger partial charge in [-0.1, -0.05) is 18.2 Å². The molecule has 3 rings (SSSR count). The maximum Gasteiger partial charge on any atom is 0.432 e. The van der Waals surface area contributed by atoms with E-state index in [0.717, 1.165) is 27.9 Å². The van der Waals surface area contributed by atoms with Crippen LogP contribution in [0.2, 0.25) is 0 Å². The van der Waals surface area contributed by atoms with Gasteiger partial charge in [-0.25, -0.2) is 8.42 Å². The number of hydrogen-bond acceptors (Lipinski definition) is 4. The fourth-order valence-corrected chi connectivity index (χ4v) is 5.81. The van der Waals surface area contributed by atoms with Gasteiger partial charge >= 0.3 is 11.4 Å². The second kappa shape index (κ2) is 8.56. The van der Waals surface area contributed by atoms with Gasteiger partial charge in [0.1, 0.15) is 11.5 Å². The van der Waals surface area contributed by atoms with Gasteiger partial charge in [0, 0.05) is 13.1 Å². The van der Waals surface area contributed by atoms with E-state index in [1.54, 1.807) is 6.07 Å². The smallest absolute Gasteiger partial charge is 0.432 e. The Morgan fingerprint density at radius 3 is 2.34 bits per heavy atom. The summed E-state index contributed by atoms with van der Waals surface area (Å²) in [6, 6.07) is 12.6. The topological polar surface area (TPSA) is 71.4 Å². The van der Waals surface area contributed by atoms with Crippen molar-refractivity contribution in [2.45, 2.75) is 34.2 Å². The van der Waals surface area contributed by atoms with Crippen molar-refractivity contribution in [3.63, 3.8) is 0 Å². The lowest BCUT2D eigenvalue weighted by Crippen LogP contribution is -2.53. The summed E-state index contributed by atoms with van der Waals surface area (Å²) in [4.78, 5) is 1.41. The van der Waals surface area contributed by atoms with Crippen LogP contribution >= 0.6 is 0 Å². The lowest BCUT2D eigenvalue weighted by atomic mass is 10.2. The molecule has 0 saturated heterocycles. The summed E-state index contributed by atoms with van der Waals surface area (Å²) >= 11 is 0. The molecule has 0 aliphatic heterocycles. The Bertz CT molecular complexity index is 1220. The van der Waals surface area contributed by atoms with E-state index in [2.05, 4.69) is 4.74 Å². The SMILES string of the molecule is CC[S+](c1cccc(OC(C(F)(F)F)C(F)(F)S(=O)(=O)[O-])c1)c1cn(C)c2ccccc12. The van der Waals surface area contributed by atoms with Crippen LogP contribution in [0.3, 0.4) is 0 Å². The highest BCUT2D eigenvalue weighted by Crippen LogP contribution is 2.39. The summed E-state index contributed by atoms with van der Waals surface area (Å²) in [5.74, 6) is -0.0648. The number of hydrogen-bond donors (Lipinski definition) is 0. The molecule has 174 valence electrons. The molecule has 0 amide bonds. The molecule has 0 saturated carbocycles. The zero-order valence-electron chi connectivity index (χ0n) is 16.8. The number of benzene rings is 2. The first-order valence-corrected chi connectivity index (χ1v) is 12.0. The van der Waals surface area contributed by atoms with Gasteiger partial charge in [0.2, 0.25) is 0 Å². The van der Waals surface area contributed by atoms with E-state index in [0.29, 0.717) is 10.6 Å². The fourth-order valence-electron chi connectivity index (χ4n) is 3.24. The summed E-state index contributed by atoms with van der Waals surface area (Å²) in [6.45, 7) is 1.87. The molecule has 0 aliphatic carbocycles. The minimum atomic E-state index is -6.63. The minimum absolute atomic E-state index is 0.510. The highest BCUT2D eigenvalue weighted by molar-refractivity contribution is 7.97. The molecule has 0 aliphatic rings. The second-order valence-corrected chi connectivity index (χ2v) is 10.6. The lowest BCUT2D eigenvalue weighted by molar-refractivity contribution is -0.239. The van der Waals surface area contributed by atoms with Crippen LogP contribution in [0.1, 0.15) is 6.92 Å². The molecule has 12 heteroatoms. The van der Waals surface area contributed by atoms with Gasteiger partial charge < -0.3 is 13.9 Å². The predicted octanol–water partition coefficient (Wildman–Crippen LogP) is 4.68. The Labute approximate surface area is 183 Å². The molecule has 32 heavy (non-hydrogen) atoms. The van der Waals surface area contributed by atoms with Crippen molar-refractivity contribution in [2.75, 3.05) is 5.75 Å². The molecule has 0 spiro atoms. The molecule has 5 nitrogen and oxygen atoms in total. The first-order chi connectivity index (χ1) is 14.8. The number of alkyl halides is 5. The van der Waals surface area contributed by atoms with E-state index in [1.807, 2.05) is 49.0 Å². The molecule has 2 aromatic carbocycles. The summed E-state index contributed by atoms with van der Waals surface area (Å²) in [5, 5.41) is -4.77. The van der Waals surface area contributed by atoms with Crippen LogP contribution < -0.4 is 4.74 Å². The summed E-state index contributed by atoms with van der Waals surface area (Å²) < 4.78 is 106. The molecular formula is C20H18F5NO4S2. The van der Waals surface area contributed by atoms with E-state index in [1.165, 1.54) is 6.07 Å². The highest BCUT2D eigenvalue weighted by Gasteiger charge is 2.62. The standard InChI is InChI=1S/C20H18F5NO4S2/c1-3-31(17-12-26(2)16-10-5-4-9-15(16)17)14-8-6-7-13(11-14)30-18(19(21,22)23)20(24,25)32(27,28)29/h4-12,18H,3H2,1-2H3. The Hall–Kier alpha value is -2.31. The molecule has 0 radical (unpaired) electrons. The third-order valence-electron chi connectivity index (χ3n) is 4.69. The maximum absolute atomic E-state index is 13.8. The van der Waals surface area contributed by atoms with Crippen LogP contribution in [0.25, 0.3) is 10.9 Å². The van der Waals surface area contributed by atoms with Crippen molar-refractivity contribution in [3.05, 3.63) is 54.7 Å². The van der Waals surface area contributed by atoms with Crippen LogP contribution in [0.5, 0.6) is 5.75 Å². The molecule has 1 heterocycles. The van der Waals surface area contributed by atoms with Crippen molar-refractivity contribution in [2.24, 2.45) is 7.05 Å². The van der Waals surface area contributed by atoms with Gasteiger partial charge in [-0.15, -0.1) is 0 Å². The Balaban J connectivity index is 2.03. The Morgan fingerprint density at radius 1 is 1.09 bits per heavy atom. The zero-order chi connectivity index (χ0) is 23.9. The van der Waals surface area contributed by atoms with Crippen molar-refractivity contribution in [3.8, 4) is 5.75 Å². The van der Waals surface area contributed by atoms with Gasteiger partial charge in [-0.3, -0.25) is 0 Å². The van der Waals surface area contributed by atoms with Gasteiger partial charge in [0.15, 0.2) is 19.9 Å². The first kappa shape index (κ1) is 24.3. The van der Waals surface area contributed by atoms with Crippen LogP contribution in [-0.4, -0.2) is 40.8 Å². The number of para-hydroxylation sites is 1. The zero-order valence-corrected chi connectivity index (χ0v) is 18.4. The quantitative estimate of drug-likeness (QED) is 0.271. The number of nitrogens with zero attached hydrogens (tertiary/aromatic N) is 1. The molecule has 0 N–H and O–H groups in total. The van der Waals surface area contributed by atoms with Gasteiger partial charge in [0.05, 0.1) is 28.0 Å². The number of rotatable bonds is 7. The second-order valence-electron chi connectivity index (χ2n) is 6.83. The predicted molar refractivity (Wildman–Crippen MR) is 109 cm³/mol. The molecule has 0 bridgehead atoms. The molecule has 3 aromatic rings. The van der Waals surface area contributed by atoms with Gasteiger partial charge in [0.25, 0.3) is 6.10 Å². The van der Waals surface area contributed by atoms with Crippen molar-refractivity contribution >= 4 is 31.9 Å². The Morgan fingerprint density at radius 2 is 1.75 bits per heavy atom. The van der Waals surface area contributed by atoms with E-state index < -0.39 is 44.3 Å². The Kier molecular flexibility index (Phi) is 6.51. The van der Waals surface area contributed by atoms with Crippen molar-refractivity contribution in [1.29, 1.82) is 0 Å². The summed E-state index contributed by atoms with van der Waals surface area (Å²) in [5.41, 5.74) is 0.943. The summed E-state index contributed by atoms with van der Waals surface area (Å²) in [7, 11) is -5.43. The van der Waals surface area contributed by atoms with Crippen LogP contribution in [0.4, 0.5) is 22.0 Å². The van der Waals surface area contributed by atoms with Crippen LogP contribution in [0.15, 0.2) is 64.5 Å². The number of fused-ring (bicyclic) bond motifs is 1. The summed E-state index contributed by atoms with van der Waals surface area (Å²) in [6.07, 6.45) is -8.06. The van der Waals surface area contributed by atoms with E-state index >= 15 is 0 Å². The number of aryl methyl sites for hydroxylation is 1. The molecular weight excluding hydrogens is 477 g/mol. The van der Waals surface area contributed by atoms with Crippen molar-refractivity contribution in [1.82, 2.24) is 4.57 Å². The van der Waals surface area contributed by atoms with Crippen molar-refractivity contribution < 1.29 is 39.7 Å². The third kappa shape index (κ3) is 4.57. The monoisotopic (exact) mass is 495 g/mol. The van der Waals surface area contributed by atoms with Gasteiger partial charge in [-0.05, 0) is 31.2 Å². The minimum Gasteiger partial charge on any atom is -0.743 e. The number of halogens is 5. The number of aromatic nitrogens is 1. The van der Waals surface area contributed by atoms with E-state index in [9.17, 15) is 34.9 Å². The third-order valence-corrected chi connectivity index (χ3v) is 7.83. The highest BCUT2D eigenvalue weighted by atomic mass is 32.2. The maximum atomic E-state index is 13.8. The van der Waals surface area contributed by atoms with Crippen LogP contribution in [-0.2, 0) is 28.1 Å². The molecule has 2 atom stereocenters. The fraction of sp³-hybridized carbons (Fsp3) is 0.300. The van der Waals surface area contributed by atoms with E-state index in [4.69, 9.17) is 0 Å². The number of ether oxygens (including phenoxy) is 1.